The lowest BCUT2D eigenvalue weighted by Crippen LogP contribution is -2.53. The van der Waals surface area contributed by atoms with E-state index in [2.05, 4.69) is 5.32 Å². The van der Waals surface area contributed by atoms with E-state index in [0.717, 1.165) is 6.42 Å². The van der Waals surface area contributed by atoms with Crippen LogP contribution < -0.4 is 11.1 Å². The summed E-state index contributed by atoms with van der Waals surface area (Å²) in [4.78, 5) is 35.1. The van der Waals surface area contributed by atoms with Gasteiger partial charge < -0.3 is 21.1 Å². The van der Waals surface area contributed by atoms with E-state index in [9.17, 15) is 19.5 Å². The van der Waals surface area contributed by atoms with E-state index in [1.54, 1.807) is 0 Å². The minimum Gasteiger partial charge on any atom is -0.480 e. The largest absolute Gasteiger partial charge is 0.480 e. The molecule has 4 N–H and O–H groups in total. The van der Waals surface area contributed by atoms with Gasteiger partial charge in [-0.15, -0.1) is 0 Å². The lowest BCUT2D eigenvalue weighted by molar-refractivity contribution is -0.143. The average Bonchev–Trinajstić information content (AvgIpc) is 2.37. The number of rotatable bonds is 6. The highest BCUT2D eigenvalue weighted by Crippen LogP contribution is 2.22. The average molecular weight is 285 g/mol. The number of carbonyl (C=O) groups excluding carboxylic acids is 2. The van der Waals surface area contributed by atoms with E-state index in [0.29, 0.717) is 44.7 Å². The third-order valence-corrected chi connectivity index (χ3v) is 3.54. The first kappa shape index (κ1) is 16.3. The monoisotopic (exact) mass is 285 g/mol. The Kier molecular flexibility index (Phi) is 6.27. The van der Waals surface area contributed by atoms with Crippen LogP contribution in [-0.4, -0.2) is 47.0 Å². The van der Waals surface area contributed by atoms with E-state index >= 15 is 0 Å². The SMILES string of the molecule is CC1CCN(C(=O)NCCCCC(N)=O)C(C(=O)O)C1. The molecule has 0 aliphatic carbocycles. The van der Waals surface area contributed by atoms with Crippen LogP contribution in [0, 0.1) is 5.92 Å². The molecule has 0 aromatic carbocycles. The van der Waals surface area contributed by atoms with Gasteiger partial charge in [-0.05, 0) is 31.6 Å². The zero-order chi connectivity index (χ0) is 15.1. The Morgan fingerprint density at radius 2 is 2.05 bits per heavy atom. The summed E-state index contributed by atoms with van der Waals surface area (Å²) in [6.07, 6.45) is 2.88. The summed E-state index contributed by atoms with van der Waals surface area (Å²) in [5.41, 5.74) is 5.02. The van der Waals surface area contributed by atoms with Crippen molar-refractivity contribution in [2.75, 3.05) is 13.1 Å². The molecule has 2 unspecified atom stereocenters. The fourth-order valence-corrected chi connectivity index (χ4v) is 2.34. The molecule has 0 aromatic heterocycles. The number of likely N-dealkylation sites (tertiary alicyclic amines) is 1. The molecular weight excluding hydrogens is 262 g/mol. The lowest BCUT2D eigenvalue weighted by atomic mass is 9.93. The first-order valence-electron chi connectivity index (χ1n) is 6.97. The Bertz CT molecular complexity index is 373. The van der Waals surface area contributed by atoms with Crippen LogP contribution in [0.5, 0.6) is 0 Å². The van der Waals surface area contributed by atoms with Crippen molar-refractivity contribution in [3.05, 3.63) is 0 Å². The summed E-state index contributed by atoms with van der Waals surface area (Å²) >= 11 is 0. The molecule has 20 heavy (non-hydrogen) atoms. The zero-order valence-corrected chi connectivity index (χ0v) is 11.8. The molecule has 0 aromatic rings. The number of carboxylic acids is 1. The number of piperidine rings is 1. The van der Waals surface area contributed by atoms with Crippen LogP contribution in [0.2, 0.25) is 0 Å². The quantitative estimate of drug-likeness (QED) is 0.618. The minimum absolute atomic E-state index is 0.300. The number of carbonyl (C=O) groups is 3. The van der Waals surface area contributed by atoms with Crippen LogP contribution in [-0.2, 0) is 9.59 Å². The summed E-state index contributed by atoms with van der Waals surface area (Å²) < 4.78 is 0. The number of hydrogen-bond donors (Lipinski definition) is 3. The molecule has 7 nitrogen and oxygen atoms in total. The highest BCUT2D eigenvalue weighted by Gasteiger charge is 2.34. The molecule has 0 radical (unpaired) electrons. The number of aliphatic carboxylic acids is 1. The highest BCUT2D eigenvalue weighted by atomic mass is 16.4. The number of nitrogens with zero attached hydrogens (tertiary/aromatic N) is 1. The van der Waals surface area contributed by atoms with Crippen LogP contribution in [0.15, 0.2) is 0 Å². The van der Waals surface area contributed by atoms with E-state index in [1.807, 2.05) is 6.92 Å². The fourth-order valence-electron chi connectivity index (χ4n) is 2.34. The van der Waals surface area contributed by atoms with Crippen molar-refractivity contribution in [2.45, 2.75) is 45.1 Å². The van der Waals surface area contributed by atoms with Gasteiger partial charge in [0.2, 0.25) is 5.91 Å². The maximum atomic E-state index is 12.0. The molecule has 1 heterocycles. The van der Waals surface area contributed by atoms with Crippen molar-refractivity contribution in [2.24, 2.45) is 11.7 Å². The summed E-state index contributed by atoms with van der Waals surface area (Å²) in [7, 11) is 0. The van der Waals surface area contributed by atoms with Gasteiger partial charge in [-0.25, -0.2) is 9.59 Å². The molecule has 114 valence electrons. The summed E-state index contributed by atoms with van der Waals surface area (Å²) in [6, 6.07) is -1.09. The first-order chi connectivity index (χ1) is 9.41. The molecule has 0 bridgehead atoms. The summed E-state index contributed by atoms with van der Waals surface area (Å²) in [5.74, 6) is -0.997. The normalized spacial score (nSPS) is 22.4. The van der Waals surface area contributed by atoms with E-state index in [4.69, 9.17) is 5.73 Å². The number of carboxylic acid groups (broad SMARTS) is 1. The fraction of sp³-hybridized carbons (Fsp3) is 0.769. The topological polar surface area (TPSA) is 113 Å². The lowest BCUT2D eigenvalue weighted by Gasteiger charge is -2.35. The summed E-state index contributed by atoms with van der Waals surface area (Å²) in [5, 5.41) is 11.9. The standard InChI is InChI=1S/C13H23N3O4/c1-9-5-7-16(10(8-9)12(18)19)13(20)15-6-3-2-4-11(14)17/h9-10H,2-8H2,1H3,(H2,14,17)(H,15,20)(H,18,19). The molecular formula is C13H23N3O4. The maximum absolute atomic E-state index is 12.0. The van der Waals surface area contributed by atoms with Gasteiger partial charge in [0.05, 0.1) is 0 Å². The van der Waals surface area contributed by atoms with Crippen molar-refractivity contribution in [3.8, 4) is 0 Å². The Labute approximate surface area is 118 Å². The first-order valence-corrected chi connectivity index (χ1v) is 6.97. The van der Waals surface area contributed by atoms with Crippen molar-refractivity contribution < 1.29 is 19.5 Å². The Hall–Kier alpha value is -1.79. The van der Waals surface area contributed by atoms with Gasteiger partial charge in [0.15, 0.2) is 0 Å². The molecule has 0 saturated carbocycles. The van der Waals surface area contributed by atoms with Gasteiger partial charge in [-0.1, -0.05) is 6.92 Å². The van der Waals surface area contributed by atoms with Crippen molar-refractivity contribution in [3.63, 3.8) is 0 Å². The van der Waals surface area contributed by atoms with Crippen molar-refractivity contribution in [1.82, 2.24) is 10.2 Å². The van der Waals surface area contributed by atoms with Crippen LogP contribution in [0.1, 0.15) is 39.0 Å². The Morgan fingerprint density at radius 3 is 2.65 bits per heavy atom. The number of urea groups is 1. The van der Waals surface area contributed by atoms with Gasteiger partial charge in [-0.2, -0.15) is 0 Å². The Morgan fingerprint density at radius 1 is 1.35 bits per heavy atom. The van der Waals surface area contributed by atoms with Crippen molar-refractivity contribution >= 4 is 17.9 Å². The highest BCUT2D eigenvalue weighted by molar-refractivity contribution is 5.82. The van der Waals surface area contributed by atoms with Gasteiger partial charge in [0.1, 0.15) is 6.04 Å². The minimum atomic E-state index is -0.958. The van der Waals surface area contributed by atoms with Crippen LogP contribution in [0.4, 0.5) is 4.79 Å². The second-order valence-corrected chi connectivity index (χ2v) is 5.33. The number of primary amides is 1. The number of nitrogens with one attached hydrogen (secondary N) is 1. The van der Waals surface area contributed by atoms with E-state index in [1.165, 1.54) is 4.90 Å². The maximum Gasteiger partial charge on any atom is 0.326 e. The smallest absolute Gasteiger partial charge is 0.326 e. The Balaban J connectivity index is 2.37. The number of amides is 3. The van der Waals surface area contributed by atoms with Crippen molar-refractivity contribution in [1.29, 1.82) is 0 Å². The van der Waals surface area contributed by atoms with Crippen LogP contribution >= 0.6 is 0 Å². The molecule has 0 spiro atoms. The molecule has 1 rings (SSSR count). The molecule has 1 aliphatic rings. The van der Waals surface area contributed by atoms with Gasteiger partial charge >= 0.3 is 12.0 Å². The number of hydrogen-bond acceptors (Lipinski definition) is 3. The molecule has 1 saturated heterocycles. The van der Waals surface area contributed by atoms with Gasteiger partial charge in [0.25, 0.3) is 0 Å². The molecule has 1 aliphatic heterocycles. The van der Waals surface area contributed by atoms with E-state index < -0.39 is 12.0 Å². The second kappa shape index (κ2) is 7.72. The van der Waals surface area contributed by atoms with Crippen LogP contribution in [0.3, 0.4) is 0 Å². The molecule has 1 fully saturated rings. The predicted octanol–water partition coefficient (Wildman–Crippen LogP) is 0.537. The van der Waals surface area contributed by atoms with Gasteiger partial charge in [-0.3, -0.25) is 4.79 Å². The third kappa shape index (κ3) is 5.07. The number of unbranched alkanes of at least 4 members (excludes halogenated alkanes) is 1. The molecule has 2 atom stereocenters. The van der Waals surface area contributed by atoms with E-state index in [-0.39, 0.29) is 11.9 Å². The third-order valence-electron chi connectivity index (χ3n) is 3.54. The molecule has 3 amide bonds. The second-order valence-electron chi connectivity index (χ2n) is 5.33. The molecule has 7 heteroatoms. The predicted molar refractivity (Wildman–Crippen MR) is 73.0 cm³/mol. The van der Waals surface area contributed by atoms with Crippen LogP contribution in [0.25, 0.3) is 0 Å². The van der Waals surface area contributed by atoms with Gasteiger partial charge in [0, 0.05) is 19.5 Å². The zero-order valence-electron chi connectivity index (χ0n) is 11.8. The number of nitrogens with two attached hydrogens (primary N) is 1. The summed E-state index contributed by atoms with van der Waals surface area (Å²) in [6.45, 7) is 2.88.